The van der Waals surface area contributed by atoms with Gasteiger partial charge in [0.15, 0.2) is 0 Å². The van der Waals surface area contributed by atoms with Crippen LogP contribution >= 0.6 is 0 Å². The number of rotatable bonds is 7. The van der Waals surface area contributed by atoms with Crippen molar-refractivity contribution in [3.8, 4) is 0 Å². The van der Waals surface area contributed by atoms with Gasteiger partial charge in [0.2, 0.25) is 0 Å². The Kier molecular flexibility index (Phi) is 5.20. The summed E-state index contributed by atoms with van der Waals surface area (Å²) in [5, 5.41) is 7.98. The van der Waals surface area contributed by atoms with Gasteiger partial charge in [0.05, 0.1) is 18.3 Å². The smallest absolute Gasteiger partial charge is 0.0625 e. The van der Waals surface area contributed by atoms with Gasteiger partial charge in [-0.05, 0) is 38.8 Å². The summed E-state index contributed by atoms with van der Waals surface area (Å²) in [5.41, 5.74) is 1.21. The molecule has 1 unspecified atom stereocenters. The number of hydrogen-bond acceptors (Lipinski definition) is 3. The third kappa shape index (κ3) is 3.56. The van der Waals surface area contributed by atoms with Crippen molar-refractivity contribution >= 4 is 0 Å². The molecule has 1 aliphatic rings. The van der Waals surface area contributed by atoms with Crippen molar-refractivity contribution in [2.75, 3.05) is 20.8 Å². The molecule has 0 aliphatic heterocycles. The molecule has 18 heavy (non-hydrogen) atoms. The van der Waals surface area contributed by atoms with E-state index in [1.807, 2.05) is 7.05 Å². The molecular formula is C14H25N3O. The third-order valence-corrected chi connectivity index (χ3v) is 3.89. The molecule has 1 saturated carbocycles. The Morgan fingerprint density at radius 2 is 2.28 bits per heavy atom. The van der Waals surface area contributed by atoms with Crippen molar-refractivity contribution in [3.63, 3.8) is 0 Å². The quantitative estimate of drug-likeness (QED) is 0.807. The van der Waals surface area contributed by atoms with Crippen molar-refractivity contribution < 1.29 is 4.74 Å². The summed E-state index contributed by atoms with van der Waals surface area (Å²) in [5.74, 6) is 0. The Labute approximate surface area is 110 Å². The van der Waals surface area contributed by atoms with Crippen LogP contribution in [0.4, 0.5) is 0 Å². The van der Waals surface area contributed by atoms with Crippen LogP contribution in [0.5, 0.6) is 0 Å². The summed E-state index contributed by atoms with van der Waals surface area (Å²) < 4.78 is 7.36. The minimum Gasteiger partial charge on any atom is -0.383 e. The topological polar surface area (TPSA) is 39.1 Å². The standard InChI is InChI=1S/C14H25N3O/c1-15-13(11-18-2)8-7-12-9-10-17(16-12)14-5-3-4-6-14/h9-10,13-15H,3-8,11H2,1-2H3. The SMILES string of the molecule is CNC(CCc1ccn(C2CCCC2)n1)COC. The van der Waals surface area contributed by atoms with Crippen molar-refractivity contribution in [2.45, 2.75) is 50.6 Å². The minimum atomic E-state index is 0.423. The number of aryl methyl sites for hydroxylation is 1. The first kappa shape index (κ1) is 13.6. The van der Waals surface area contributed by atoms with E-state index in [0.29, 0.717) is 12.1 Å². The second kappa shape index (κ2) is 6.90. The van der Waals surface area contributed by atoms with E-state index in [1.54, 1.807) is 7.11 Å². The van der Waals surface area contributed by atoms with E-state index < -0.39 is 0 Å². The van der Waals surface area contributed by atoms with Crippen LogP contribution in [-0.4, -0.2) is 36.6 Å². The van der Waals surface area contributed by atoms with E-state index in [9.17, 15) is 0 Å². The molecule has 2 rings (SSSR count). The molecule has 0 radical (unpaired) electrons. The second-order valence-corrected chi connectivity index (χ2v) is 5.20. The van der Waals surface area contributed by atoms with Crippen LogP contribution in [0.25, 0.3) is 0 Å². The average Bonchev–Trinajstić information content (AvgIpc) is 3.04. The maximum Gasteiger partial charge on any atom is 0.0625 e. The van der Waals surface area contributed by atoms with Crippen LogP contribution in [0.1, 0.15) is 43.8 Å². The van der Waals surface area contributed by atoms with Gasteiger partial charge in [-0.3, -0.25) is 4.68 Å². The highest BCUT2D eigenvalue weighted by molar-refractivity contribution is 5.01. The van der Waals surface area contributed by atoms with Crippen molar-refractivity contribution in [1.82, 2.24) is 15.1 Å². The summed E-state index contributed by atoms with van der Waals surface area (Å²) in [6.07, 6.45) is 9.55. The molecule has 1 N–H and O–H groups in total. The summed E-state index contributed by atoms with van der Waals surface area (Å²) in [4.78, 5) is 0. The lowest BCUT2D eigenvalue weighted by atomic mass is 10.1. The number of aromatic nitrogens is 2. The fourth-order valence-corrected chi connectivity index (χ4v) is 2.72. The zero-order valence-electron chi connectivity index (χ0n) is 11.6. The molecule has 1 aromatic rings. The molecule has 1 heterocycles. The fourth-order valence-electron chi connectivity index (χ4n) is 2.72. The van der Waals surface area contributed by atoms with E-state index in [-0.39, 0.29) is 0 Å². The molecule has 0 amide bonds. The van der Waals surface area contributed by atoms with Gasteiger partial charge in [-0.15, -0.1) is 0 Å². The van der Waals surface area contributed by atoms with Crippen LogP contribution in [0.3, 0.4) is 0 Å². The van der Waals surface area contributed by atoms with Crippen molar-refractivity contribution in [2.24, 2.45) is 0 Å². The number of hydrogen-bond donors (Lipinski definition) is 1. The van der Waals surface area contributed by atoms with Gasteiger partial charge < -0.3 is 10.1 Å². The Morgan fingerprint density at radius 3 is 2.94 bits per heavy atom. The summed E-state index contributed by atoms with van der Waals surface area (Å²) in [6, 6.07) is 3.24. The predicted molar refractivity (Wildman–Crippen MR) is 72.8 cm³/mol. The lowest BCUT2D eigenvalue weighted by Crippen LogP contribution is -2.30. The van der Waals surface area contributed by atoms with Gasteiger partial charge in [0.1, 0.15) is 0 Å². The first-order chi connectivity index (χ1) is 8.83. The lowest BCUT2D eigenvalue weighted by Gasteiger charge is -2.14. The maximum absolute atomic E-state index is 5.18. The molecule has 1 aromatic heterocycles. The van der Waals surface area contributed by atoms with Gasteiger partial charge in [-0.25, -0.2) is 0 Å². The highest BCUT2D eigenvalue weighted by atomic mass is 16.5. The number of nitrogens with zero attached hydrogens (tertiary/aromatic N) is 2. The Bertz CT molecular complexity index is 345. The highest BCUT2D eigenvalue weighted by Crippen LogP contribution is 2.28. The summed E-state index contributed by atoms with van der Waals surface area (Å²) >= 11 is 0. The molecule has 4 nitrogen and oxygen atoms in total. The van der Waals surface area contributed by atoms with E-state index in [4.69, 9.17) is 9.84 Å². The van der Waals surface area contributed by atoms with Crippen molar-refractivity contribution in [1.29, 1.82) is 0 Å². The first-order valence-electron chi connectivity index (χ1n) is 7.03. The van der Waals surface area contributed by atoms with Crippen molar-refractivity contribution in [3.05, 3.63) is 18.0 Å². The number of ether oxygens (including phenoxy) is 1. The molecule has 0 spiro atoms. The number of nitrogens with one attached hydrogen (secondary N) is 1. The average molecular weight is 251 g/mol. The zero-order valence-corrected chi connectivity index (χ0v) is 11.6. The molecule has 4 heteroatoms. The monoisotopic (exact) mass is 251 g/mol. The lowest BCUT2D eigenvalue weighted by molar-refractivity contribution is 0.166. The molecule has 102 valence electrons. The Hall–Kier alpha value is -0.870. The van der Waals surface area contributed by atoms with E-state index in [2.05, 4.69) is 22.3 Å². The largest absolute Gasteiger partial charge is 0.383 e. The predicted octanol–water partition coefficient (Wildman–Crippen LogP) is 2.17. The molecule has 0 saturated heterocycles. The highest BCUT2D eigenvalue weighted by Gasteiger charge is 2.17. The van der Waals surface area contributed by atoms with E-state index >= 15 is 0 Å². The van der Waals surface area contributed by atoms with Crippen LogP contribution in [0.15, 0.2) is 12.3 Å². The second-order valence-electron chi connectivity index (χ2n) is 5.20. The molecule has 1 fully saturated rings. The van der Waals surface area contributed by atoms with E-state index in [0.717, 1.165) is 19.4 Å². The molecule has 1 aliphatic carbocycles. The van der Waals surface area contributed by atoms with Gasteiger partial charge >= 0.3 is 0 Å². The third-order valence-electron chi connectivity index (χ3n) is 3.89. The van der Waals surface area contributed by atoms with Crippen LogP contribution in [0.2, 0.25) is 0 Å². The van der Waals surface area contributed by atoms with Gasteiger partial charge in [0.25, 0.3) is 0 Å². The minimum absolute atomic E-state index is 0.423. The van der Waals surface area contributed by atoms with Gasteiger partial charge in [0, 0.05) is 19.3 Å². The van der Waals surface area contributed by atoms with Crippen LogP contribution in [0, 0.1) is 0 Å². The Morgan fingerprint density at radius 1 is 1.50 bits per heavy atom. The molecular weight excluding hydrogens is 226 g/mol. The van der Waals surface area contributed by atoms with Crippen LogP contribution < -0.4 is 5.32 Å². The molecule has 0 aromatic carbocycles. The Balaban J connectivity index is 1.82. The molecule has 1 atom stereocenters. The number of methoxy groups -OCH3 is 1. The van der Waals surface area contributed by atoms with Crippen LogP contribution in [-0.2, 0) is 11.2 Å². The normalized spacial score (nSPS) is 18.3. The zero-order chi connectivity index (χ0) is 12.8. The first-order valence-corrected chi connectivity index (χ1v) is 7.03. The fraction of sp³-hybridized carbons (Fsp3) is 0.786. The molecule has 0 bridgehead atoms. The summed E-state index contributed by atoms with van der Waals surface area (Å²) in [6.45, 7) is 0.764. The van der Waals surface area contributed by atoms with E-state index in [1.165, 1.54) is 31.4 Å². The van der Waals surface area contributed by atoms with Gasteiger partial charge in [-0.1, -0.05) is 12.8 Å². The summed E-state index contributed by atoms with van der Waals surface area (Å²) in [7, 11) is 3.74. The van der Waals surface area contributed by atoms with Gasteiger partial charge in [-0.2, -0.15) is 5.10 Å². The maximum atomic E-state index is 5.18. The number of likely N-dealkylation sites (N-methyl/N-ethyl adjacent to an activating group) is 1.